The molecule has 1 aromatic rings. The number of aromatic hydroxyl groups is 1. The molecule has 23 heavy (non-hydrogen) atoms. The number of methoxy groups -OCH3 is 1. The number of phenolic OH excluding ortho intramolecular Hbond substituents is 1. The number of carbonyl (C=O) groups is 3. The predicted octanol–water partition coefficient (Wildman–Crippen LogP) is -0.144. The van der Waals surface area contributed by atoms with Gasteiger partial charge in [0.1, 0.15) is 0 Å². The largest absolute Gasteiger partial charge is 0.504 e. The number of ether oxygens (including phenoxy) is 2. The highest BCUT2D eigenvalue weighted by Gasteiger charge is 2.35. The van der Waals surface area contributed by atoms with Gasteiger partial charge in [0, 0.05) is 6.08 Å². The highest BCUT2D eigenvalue weighted by molar-refractivity contribution is 5.91. The molecule has 0 saturated heterocycles. The summed E-state index contributed by atoms with van der Waals surface area (Å²) in [6.45, 7) is 0. The SMILES string of the molecule is COc1cc(C=CC(=O)O[C@H](C(=O)O)[C@@H](O)C(=O)O)ccc1O. The Morgan fingerprint density at radius 3 is 2.35 bits per heavy atom. The van der Waals surface area contributed by atoms with Crippen molar-refractivity contribution >= 4 is 24.0 Å². The fourth-order valence-corrected chi connectivity index (χ4v) is 1.51. The summed E-state index contributed by atoms with van der Waals surface area (Å²) >= 11 is 0. The molecule has 1 rings (SSSR count). The molecule has 0 fully saturated rings. The quantitative estimate of drug-likeness (QED) is 0.396. The van der Waals surface area contributed by atoms with Gasteiger partial charge in [0.05, 0.1) is 7.11 Å². The van der Waals surface area contributed by atoms with E-state index >= 15 is 0 Å². The van der Waals surface area contributed by atoms with E-state index in [-0.39, 0.29) is 11.5 Å². The Labute approximate surface area is 130 Å². The van der Waals surface area contributed by atoms with Crippen LogP contribution in [0, 0.1) is 0 Å². The first kappa shape index (κ1) is 18.0. The van der Waals surface area contributed by atoms with Gasteiger partial charge < -0.3 is 29.9 Å². The van der Waals surface area contributed by atoms with Gasteiger partial charge in [-0.25, -0.2) is 14.4 Å². The van der Waals surface area contributed by atoms with E-state index in [1.807, 2.05) is 0 Å². The number of rotatable bonds is 7. The van der Waals surface area contributed by atoms with Gasteiger partial charge in [0.25, 0.3) is 0 Å². The van der Waals surface area contributed by atoms with Crippen LogP contribution in [-0.2, 0) is 19.1 Å². The van der Waals surface area contributed by atoms with E-state index in [0.717, 1.165) is 6.08 Å². The number of carboxylic acid groups (broad SMARTS) is 2. The van der Waals surface area contributed by atoms with Crippen molar-refractivity contribution in [3.05, 3.63) is 29.8 Å². The summed E-state index contributed by atoms with van der Waals surface area (Å²) in [4.78, 5) is 32.9. The van der Waals surface area contributed by atoms with Gasteiger partial charge in [-0.2, -0.15) is 0 Å². The van der Waals surface area contributed by atoms with E-state index in [2.05, 4.69) is 4.74 Å². The van der Waals surface area contributed by atoms with Crippen LogP contribution in [0.15, 0.2) is 24.3 Å². The van der Waals surface area contributed by atoms with Crippen LogP contribution in [0.3, 0.4) is 0 Å². The van der Waals surface area contributed by atoms with Crippen LogP contribution in [0.2, 0.25) is 0 Å². The van der Waals surface area contributed by atoms with Gasteiger partial charge in [-0.1, -0.05) is 6.07 Å². The van der Waals surface area contributed by atoms with Gasteiger partial charge in [-0.15, -0.1) is 0 Å². The van der Waals surface area contributed by atoms with Gasteiger partial charge >= 0.3 is 17.9 Å². The van der Waals surface area contributed by atoms with Crippen LogP contribution in [0.1, 0.15) is 5.56 Å². The minimum absolute atomic E-state index is 0.109. The van der Waals surface area contributed by atoms with E-state index in [1.165, 1.54) is 31.4 Å². The summed E-state index contributed by atoms with van der Waals surface area (Å²) in [5.41, 5.74) is 0.433. The van der Waals surface area contributed by atoms with E-state index in [9.17, 15) is 19.5 Å². The van der Waals surface area contributed by atoms with Crippen molar-refractivity contribution in [2.24, 2.45) is 0 Å². The Morgan fingerprint density at radius 1 is 1.17 bits per heavy atom. The number of carboxylic acids is 2. The third-order valence-corrected chi connectivity index (χ3v) is 2.64. The topological polar surface area (TPSA) is 151 Å². The number of aliphatic hydroxyl groups is 1. The highest BCUT2D eigenvalue weighted by atomic mass is 16.6. The summed E-state index contributed by atoms with van der Waals surface area (Å²) in [5.74, 6) is -4.75. The van der Waals surface area contributed by atoms with Crippen molar-refractivity contribution in [3.63, 3.8) is 0 Å². The molecule has 0 aliphatic heterocycles. The molecule has 4 N–H and O–H groups in total. The fourth-order valence-electron chi connectivity index (χ4n) is 1.51. The molecule has 0 saturated carbocycles. The lowest BCUT2D eigenvalue weighted by atomic mass is 10.2. The first-order valence-electron chi connectivity index (χ1n) is 6.15. The summed E-state index contributed by atoms with van der Waals surface area (Å²) in [5, 5.41) is 35.9. The Bertz CT molecular complexity index is 635. The molecule has 0 aromatic heterocycles. The third-order valence-electron chi connectivity index (χ3n) is 2.64. The van der Waals surface area contributed by atoms with Gasteiger partial charge in [0.2, 0.25) is 6.10 Å². The van der Waals surface area contributed by atoms with E-state index < -0.39 is 30.1 Å². The molecule has 0 heterocycles. The highest BCUT2D eigenvalue weighted by Crippen LogP contribution is 2.26. The van der Waals surface area contributed by atoms with Crippen molar-refractivity contribution in [2.75, 3.05) is 7.11 Å². The summed E-state index contributed by atoms with van der Waals surface area (Å²) in [6, 6.07) is 4.17. The number of esters is 1. The normalized spacial score (nSPS) is 13.3. The van der Waals surface area contributed by atoms with Crippen molar-refractivity contribution in [3.8, 4) is 11.5 Å². The fraction of sp³-hybridized carbons (Fsp3) is 0.214. The van der Waals surface area contributed by atoms with Crippen molar-refractivity contribution in [1.82, 2.24) is 0 Å². The molecule has 0 aliphatic carbocycles. The van der Waals surface area contributed by atoms with Crippen LogP contribution < -0.4 is 4.74 Å². The monoisotopic (exact) mass is 326 g/mol. The average molecular weight is 326 g/mol. The minimum atomic E-state index is -2.39. The van der Waals surface area contributed by atoms with Crippen LogP contribution in [0.5, 0.6) is 11.5 Å². The second-order valence-corrected chi connectivity index (χ2v) is 4.24. The number of phenols is 1. The number of carbonyl (C=O) groups excluding carboxylic acids is 1. The molecule has 0 radical (unpaired) electrons. The zero-order valence-electron chi connectivity index (χ0n) is 11.9. The Morgan fingerprint density at radius 2 is 1.83 bits per heavy atom. The molecule has 0 aliphatic rings. The first-order valence-corrected chi connectivity index (χ1v) is 6.15. The van der Waals surface area contributed by atoms with Crippen LogP contribution in [0.25, 0.3) is 6.08 Å². The average Bonchev–Trinajstić information content (AvgIpc) is 2.50. The molecule has 9 heteroatoms. The third kappa shape index (κ3) is 5.00. The van der Waals surface area contributed by atoms with Gasteiger partial charge in [-0.3, -0.25) is 0 Å². The lowest BCUT2D eigenvalue weighted by Crippen LogP contribution is -2.42. The number of benzene rings is 1. The maximum atomic E-state index is 11.5. The minimum Gasteiger partial charge on any atom is -0.504 e. The second kappa shape index (κ2) is 7.80. The Kier molecular flexibility index (Phi) is 6.10. The number of hydrogen-bond acceptors (Lipinski definition) is 7. The standard InChI is InChI=1S/C14H14O9/c1-22-9-6-7(2-4-8(9)15)3-5-10(16)23-12(14(20)21)11(17)13(18)19/h2-6,11-12,15,17H,1H3,(H,18,19)(H,20,21)/t11-,12+/m1/s1. The molecule has 9 nitrogen and oxygen atoms in total. The van der Waals surface area contributed by atoms with E-state index in [4.69, 9.17) is 20.1 Å². The predicted molar refractivity (Wildman–Crippen MR) is 74.9 cm³/mol. The smallest absolute Gasteiger partial charge is 0.348 e. The lowest BCUT2D eigenvalue weighted by molar-refractivity contribution is -0.176. The number of aliphatic carboxylic acids is 2. The van der Waals surface area contributed by atoms with E-state index in [0.29, 0.717) is 5.56 Å². The van der Waals surface area contributed by atoms with Crippen LogP contribution >= 0.6 is 0 Å². The number of aliphatic hydroxyl groups excluding tert-OH is 1. The maximum Gasteiger partial charge on any atom is 0.348 e. The molecule has 0 bridgehead atoms. The molecule has 0 amide bonds. The summed E-state index contributed by atoms with van der Waals surface area (Å²) in [6.07, 6.45) is -2.55. The zero-order chi connectivity index (χ0) is 17.6. The molecule has 1 aromatic carbocycles. The molecule has 2 atom stereocenters. The van der Waals surface area contributed by atoms with Crippen LogP contribution in [0.4, 0.5) is 0 Å². The first-order chi connectivity index (χ1) is 10.8. The van der Waals surface area contributed by atoms with Gasteiger partial charge in [0.15, 0.2) is 17.6 Å². The molecular weight excluding hydrogens is 312 g/mol. The molecular formula is C14H14O9. The Balaban J connectivity index is 2.82. The zero-order valence-corrected chi connectivity index (χ0v) is 11.9. The summed E-state index contributed by atoms with van der Waals surface area (Å²) in [7, 11) is 1.33. The molecule has 124 valence electrons. The van der Waals surface area contributed by atoms with Crippen LogP contribution in [-0.4, -0.2) is 57.7 Å². The Hall–Kier alpha value is -3.07. The summed E-state index contributed by atoms with van der Waals surface area (Å²) < 4.78 is 9.27. The van der Waals surface area contributed by atoms with Crippen molar-refractivity contribution in [1.29, 1.82) is 0 Å². The number of hydrogen-bond donors (Lipinski definition) is 4. The lowest BCUT2D eigenvalue weighted by Gasteiger charge is -2.15. The van der Waals surface area contributed by atoms with Gasteiger partial charge in [-0.05, 0) is 23.8 Å². The van der Waals surface area contributed by atoms with E-state index in [1.54, 1.807) is 0 Å². The van der Waals surface area contributed by atoms with Crippen molar-refractivity contribution in [2.45, 2.75) is 12.2 Å². The second-order valence-electron chi connectivity index (χ2n) is 4.24. The van der Waals surface area contributed by atoms with Crippen molar-refractivity contribution < 1.29 is 44.3 Å². The molecule has 0 spiro atoms. The maximum absolute atomic E-state index is 11.5. The molecule has 0 unspecified atom stereocenters.